The molecule has 1 saturated carbocycles. The van der Waals surface area contributed by atoms with Gasteiger partial charge in [-0.3, -0.25) is 9.59 Å². The van der Waals surface area contributed by atoms with Crippen LogP contribution in [0.15, 0.2) is 18.2 Å². The average molecular weight is 262 g/mol. The van der Waals surface area contributed by atoms with Gasteiger partial charge in [-0.1, -0.05) is 6.07 Å². The molecule has 0 heterocycles. The van der Waals surface area contributed by atoms with E-state index in [1.807, 2.05) is 13.0 Å². The lowest BCUT2D eigenvalue weighted by Gasteiger charge is -2.08. The number of carbonyl (C=O) groups is 2. The predicted octanol–water partition coefficient (Wildman–Crippen LogP) is 1.01. The first kappa shape index (κ1) is 13.4. The number of benzene rings is 1. The predicted molar refractivity (Wildman–Crippen MR) is 71.2 cm³/mol. The highest BCUT2D eigenvalue weighted by atomic mass is 16.5. The average Bonchev–Trinajstić information content (AvgIpc) is 3.20. The van der Waals surface area contributed by atoms with E-state index in [2.05, 4.69) is 10.6 Å². The van der Waals surface area contributed by atoms with Crippen LogP contribution in [0.5, 0.6) is 5.75 Å². The summed E-state index contributed by atoms with van der Waals surface area (Å²) >= 11 is 0. The molecule has 0 aliphatic heterocycles. The summed E-state index contributed by atoms with van der Waals surface area (Å²) in [4.78, 5) is 23.3. The minimum absolute atomic E-state index is 0.00548. The standard InChI is InChI=1S/C14H18N2O3/c1-9-3-4-10(7-12(9)19-2)14(18)15-8-13(17)16-11-5-6-11/h3-4,7,11H,5-6,8H2,1-2H3,(H,15,18)(H,16,17). The van der Waals surface area contributed by atoms with Gasteiger partial charge >= 0.3 is 0 Å². The number of carbonyl (C=O) groups excluding carboxylic acids is 2. The van der Waals surface area contributed by atoms with Crippen molar-refractivity contribution in [3.05, 3.63) is 29.3 Å². The van der Waals surface area contributed by atoms with Gasteiger partial charge in [-0.25, -0.2) is 0 Å². The molecule has 102 valence electrons. The van der Waals surface area contributed by atoms with Crippen molar-refractivity contribution in [3.8, 4) is 5.75 Å². The summed E-state index contributed by atoms with van der Waals surface area (Å²) in [6.45, 7) is 1.91. The van der Waals surface area contributed by atoms with Gasteiger partial charge in [0.25, 0.3) is 5.91 Å². The van der Waals surface area contributed by atoms with Crippen LogP contribution in [0.4, 0.5) is 0 Å². The highest BCUT2D eigenvalue weighted by Crippen LogP contribution is 2.19. The highest BCUT2D eigenvalue weighted by molar-refractivity contribution is 5.96. The Morgan fingerprint density at radius 1 is 1.37 bits per heavy atom. The van der Waals surface area contributed by atoms with Crippen molar-refractivity contribution in [2.75, 3.05) is 13.7 Å². The number of rotatable bonds is 5. The summed E-state index contributed by atoms with van der Waals surface area (Å²) in [7, 11) is 1.56. The first-order valence-corrected chi connectivity index (χ1v) is 6.32. The molecule has 0 atom stereocenters. The number of hydrogen-bond acceptors (Lipinski definition) is 3. The molecule has 1 aromatic carbocycles. The Hall–Kier alpha value is -2.04. The largest absolute Gasteiger partial charge is 0.496 e. The second-order valence-corrected chi connectivity index (χ2v) is 4.71. The maximum atomic E-state index is 11.9. The van der Waals surface area contributed by atoms with Gasteiger partial charge in [0, 0.05) is 11.6 Å². The molecule has 0 aromatic heterocycles. The fourth-order valence-electron chi connectivity index (χ4n) is 1.73. The molecule has 0 bridgehead atoms. The van der Waals surface area contributed by atoms with E-state index < -0.39 is 0 Å². The number of aryl methyl sites for hydroxylation is 1. The minimum Gasteiger partial charge on any atom is -0.496 e. The molecule has 0 saturated heterocycles. The van der Waals surface area contributed by atoms with Crippen molar-refractivity contribution in [2.45, 2.75) is 25.8 Å². The number of nitrogens with one attached hydrogen (secondary N) is 2. The van der Waals surface area contributed by atoms with E-state index in [4.69, 9.17) is 4.74 Å². The molecule has 2 rings (SSSR count). The van der Waals surface area contributed by atoms with Gasteiger partial charge in [-0.05, 0) is 37.5 Å². The van der Waals surface area contributed by atoms with E-state index in [9.17, 15) is 9.59 Å². The topological polar surface area (TPSA) is 67.4 Å². The zero-order valence-electron chi connectivity index (χ0n) is 11.2. The van der Waals surface area contributed by atoms with Crippen molar-refractivity contribution in [3.63, 3.8) is 0 Å². The lowest BCUT2D eigenvalue weighted by molar-refractivity contribution is -0.120. The molecule has 0 radical (unpaired) electrons. The van der Waals surface area contributed by atoms with Gasteiger partial charge in [0.1, 0.15) is 5.75 Å². The van der Waals surface area contributed by atoms with E-state index in [1.54, 1.807) is 19.2 Å². The number of methoxy groups -OCH3 is 1. The smallest absolute Gasteiger partial charge is 0.251 e. The van der Waals surface area contributed by atoms with Crippen LogP contribution in [0.3, 0.4) is 0 Å². The van der Waals surface area contributed by atoms with E-state index >= 15 is 0 Å². The fraction of sp³-hybridized carbons (Fsp3) is 0.429. The third kappa shape index (κ3) is 3.71. The molecule has 0 spiro atoms. The van der Waals surface area contributed by atoms with Gasteiger partial charge in [0.05, 0.1) is 13.7 Å². The molecule has 19 heavy (non-hydrogen) atoms. The quantitative estimate of drug-likeness (QED) is 0.832. The Morgan fingerprint density at radius 3 is 2.74 bits per heavy atom. The number of hydrogen-bond donors (Lipinski definition) is 2. The van der Waals surface area contributed by atoms with Gasteiger partial charge in [0.15, 0.2) is 0 Å². The Bertz CT molecular complexity index is 495. The molecule has 5 nitrogen and oxygen atoms in total. The number of amides is 2. The van der Waals surface area contributed by atoms with Crippen molar-refractivity contribution in [1.82, 2.24) is 10.6 Å². The lowest BCUT2D eigenvalue weighted by atomic mass is 10.1. The first-order valence-electron chi connectivity index (χ1n) is 6.32. The van der Waals surface area contributed by atoms with E-state index in [0.29, 0.717) is 17.4 Å². The Labute approximate surface area is 112 Å². The Morgan fingerprint density at radius 2 is 2.11 bits per heavy atom. The zero-order chi connectivity index (χ0) is 13.8. The van der Waals surface area contributed by atoms with Crippen LogP contribution in [0.1, 0.15) is 28.8 Å². The molecule has 2 amide bonds. The molecule has 1 aliphatic rings. The second kappa shape index (κ2) is 5.73. The summed E-state index contributed by atoms with van der Waals surface area (Å²) in [5.74, 6) is 0.245. The first-order chi connectivity index (χ1) is 9.10. The van der Waals surface area contributed by atoms with Crippen molar-refractivity contribution in [1.29, 1.82) is 0 Å². The molecule has 1 aromatic rings. The molecular weight excluding hydrogens is 244 g/mol. The Kier molecular flexibility index (Phi) is 4.04. The molecule has 1 aliphatic carbocycles. The van der Waals surface area contributed by atoms with Gasteiger partial charge in [-0.2, -0.15) is 0 Å². The van der Waals surface area contributed by atoms with Crippen molar-refractivity contribution < 1.29 is 14.3 Å². The van der Waals surface area contributed by atoms with Crippen LogP contribution < -0.4 is 15.4 Å². The van der Waals surface area contributed by atoms with Crippen molar-refractivity contribution >= 4 is 11.8 Å². The SMILES string of the molecule is COc1cc(C(=O)NCC(=O)NC2CC2)ccc1C. The summed E-state index contributed by atoms with van der Waals surface area (Å²) in [6, 6.07) is 5.51. The third-order valence-electron chi connectivity index (χ3n) is 3.02. The van der Waals surface area contributed by atoms with Crippen LogP contribution in [-0.2, 0) is 4.79 Å². The van der Waals surface area contributed by atoms with Crippen LogP contribution in [0.2, 0.25) is 0 Å². The van der Waals surface area contributed by atoms with Crippen molar-refractivity contribution in [2.24, 2.45) is 0 Å². The monoisotopic (exact) mass is 262 g/mol. The summed E-state index contributed by atoms with van der Waals surface area (Å²) in [6.07, 6.45) is 2.07. The van der Waals surface area contributed by atoms with Crippen LogP contribution in [0.25, 0.3) is 0 Å². The maximum absolute atomic E-state index is 11.9. The molecule has 0 unspecified atom stereocenters. The highest BCUT2D eigenvalue weighted by Gasteiger charge is 2.23. The molecule has 5 heteroatoms. The summed E-state index contributed by atoms with van der Waals surface area (Å²) < 4.78 is 5.16. The van der Waals surface area contributed by atoms with E-state index in [1.165, 1.54) is 0 Å². The normalized spacial score (nSPS) is 13.8. The van der Waals surface area contributed by atoms with Gasteiger partial charge in [0.2, 0.25) is 5.91 Å². The lowest BCUT2D eigenvalue weighted by Crippen LogP contribution is -2.37. The van der Waals surface area contributed by atoms with Crippen LogP contribution in [-0.4, -0.2) is 31.5 Å². The van der Waals surface area contributed by atoms with Gasteiger partial charge in [-0.15, -0.1) is 0 Å². The molecule has 1 fully saturated rings. The summed E-state index contributed by atoms with van der Waals surface area (Å²) in [5, 5.41) is 5.41. The van der Waals surface area contributed by atoms with E-state index in [-0.39, 0.29) is 18.4 Å². The number of ether oxygens (including phenoxy) is 1. The maximum Gasteiger partial charge on any atom is 0.251 e. The third-order valence-corrected chi connectivity index (χ3v) is 3.02. The summed E-state index contributed by atoms with van der Waals surface area (Å²) in [5.41, 5.74) is 1.45. The minimum atomic E-state index is -0.274. The Balaban J connectivity index is 1.89. The fourth-order valence-corrected chi connectivity index (χ4v) is 1.73. The molecule has 2 N–H and O–H groups in total. The van der Waals surface area contributed by atoms with Crippen LogP contribution >= 0.6 is 0 Å². The molecular formula is C14H18N2O3. The van der Waals surface area contributed by atoms with E-state index in [0.717, 1.165) is 18.4 Å². The van der Waals surface area contributed by atoms with Crippen LogP contribution in [0, 0.1) is 6.92 Å². The van der Waals surface area contributed by atoms with Gasteiger partial charge < -0.3 is 15.4 Å². The second-order valence-electron chi connectivity index (χ2n) is 4.71. The zero-order valence-corrected chi connectivity index (χ0v) is 11.2.